The van der Waals surface area contributed by atoms with Crippen LogP contribution >= 0.6 is 0 Å². The molecule has 0 aliphatic carbocycles. The topological polar surface area (TPSA) is 34.9 Å². The number of aromatic nitrogens is 2. The maximum atomic E-state index is 10.7. The molecule has 4 rings (SSSR count). The highest BCUT2D eigenvalue weighted by Crippen LogP contribution is 2.40. The molecule has 1 heterocycles. The molecule has 0 saturated carbocycles. The molecule has 0 spiro atoms. The lowest BCUT2D eigenvalue weighted by Crippen LogP contribution is -2.36. The molecule has 0 radical (unpaired) electrons. The van der Waals surface area contributed by atoms with Gasteiger partial charge < -0.3 is 4.57 Å². The van der Waals surface area contributed by atoms with Gasteiger partial charge in [0, 0.05) is 6.20 Å². The lowest BCUT2D eigenvalue weighted by molar-refractivity contribution is -0.104. The van der Waals surface area contributed by atoms with Crippen LogP contribution in [0, 0.1) is 0 Å². The molecule has 0 unspecified atom stereocenters. The Morgan fingerprint density at radius 3 is 1.61 bits per heavy atom. The van der Waals surface area contributed by atoms with Crippen molar-refractivity contribution in [3.8, 4) is 0 Å². The number of hydrogen-bond acceptors (Lipinski definition) is 2. The molecule has 3 heteroatoms. The summed E-state index contributed by atoms with van der Waals surface area (Å²) < 4.78 is 2.12. The Hall–Kier alpha value is -3.72. The van der Waals surface area contributed by atoms with E-state index >= 15 is 0 Å². The van der Waals surface area contributed by atoms with Crippen molar-refractivity contribution in [2.45, 2.75) is 5.54 Å². The molecule has 0 atom stereocenters. The predicted octanol–water partition coefficient (Wildman–Crippen LogP) is 4.94. The van der Waals surface area contributed by atoms with E-state index in [1.807, 2.05) is 30.7 Å². The molecule has 0 aliphatic heterocycles. The quantitative estimate of drug-likeness (QED) is 0.276. The lowest BCUT2D eigenvalue weighted by atomic mass is 9.77. The van der Waals surface area contributed by atoms with Crippen molar-refractivity contribution >= 4 is 12.4 Å². The summed E-state index contributed by atoms with van der Waals surface area (Å²) in [4.78, 5) is 15.2. The minimum Gasteiger partial charge on any atom is -0.318 e. The van der Waals surface area contributed by atoms with Crippen LogP contribution < -0.4 is 0 Å². The zero-order valence-electron chi connectivity index (χ0n) is 15.3. The summed E-state index contributed by atoms with van der Waals surface area (Å²) in [5, 5.41) is 0. The Bertz CT molecular complexity index is 971. The van der Waals surface area contributed by atoms with Crippen molar-refractivity contribution < 1.29 is 4.79 Å². The van der Waals surface area contributed by atoms with Crippen molar-refractivity contribution in [1.29, 1.82) is 0 Å². The van der Waals surface area contributed by atoms with E-state index in [4.69, 9.17) is 0 Å². The highest BCUT2D eigenvalue weighted by atomic mass is 16.1. The van der Waals surface area contributed by atoms with E-state index < -0.39 is 5.54 Å². The number of imidazole rings is 1. The third-order valence-corrected chi connectivity index (χ3v) is 4.91. The Balaban J connectivity index is 2.06. The molecule has 3 nitrogen and oxygen atoms in total. The second-order valence-corrected chi connectivity index (χ2v) is 6.51. The average Bonchev–Trinajstić information content (AvgIpc) is 3.24. The third kappa shape index (κ3) is 3.08. The second kappa shape index (κ2) is 7.89. The number of hydrogen-bond donors (Lipinski definition) is 0. The largest absolute Gasteiger partial charge is 0.318 e. The number of nitrogens with zero attached hydrogens (tertiary/aromatic N) is 2. The van der Waals surface area contributed by atoms with Crippen LogP contribution in [0.5, 0.6) is 0 Å². The highest BCUT2D eigenvalue weighted by molar-refractivity contribution is 5.72. The van der Waals surface area contributed by atoms with E-state index in [0.29, 0.717) is 0 Å². The second-order valence-electron chi connectivity index (χ2n) is 6.51. The average molecular weight is 364 g/mol. The molecule has 0 aliphatic rings. The maximum Gasteiger partial charge on any atom is 0.142 e. The Kier molecular flexibility index (Phi) is 4.98. The number of carbonyl (C=O) groups is 1. The van der Waals surface area contributed by atoms with Crippen molar-refractivity contribution in [3.63, 3.8) is 0 Å². The summed E-state index contributed by atoms with van der Waals surface area (Å²) in [6.45, 7) is 0. The summed E-state index contributed by atoms with van der Waals surface area (Å²) in [6, 6.07) is 31.2. The third-order valence-electron chi connectivity index (χ3n) is 4.91. The van der Waals surface area contributed by atoms with Gasteiger partial charge in [-0.2, -0.15) is 0 Å². The van der Waals surface area contributed by atoms with Crippen molar-refractivity contribution in [2.24, 2.45) is 0 Å². The Morgan fingerprint density at radius 1 is 0.714 bits per heavy atom. The van der Waals surface area contributed by atoms with E-state index in [1.165, 1.54) is 6.08 Å². The molecular weight excluding hydrogens is 344 g/mol. The number of allylic oxidation sites excluding steroid dienone is 1. The first-order chi connectivity index (χ1) is 13.9. The zero-order chi connectivity index (χ0) is 19.2. The minimum atomic E-state index is -0.579. The molecule has 0 amide bonds. The van der Waals surface area contributed by atoms with E-state index in [9.17, 15) is 4.79 Å². The summed E-state index contributed by atoms with van der Waals surface area (Å²) in [5.41, 5.74) is 3.56. The zero-order valence-corrected chi connectivity index (χ0v) is 15.3. The Morgan fingerprint density at radius 2 is 1.18 bits per heavy atom. The van der Waals surface area contributed by atoms with Crippen LogP contribution in [0.3, 0.4) is 0 Å². The van der Waals surface area contributed by atoms with Crippen LogP contribution in [0.2, 0.25) is 0 Å². The van der Waals surface area contributed by atoms with Gasteiger partial charge >= 0.3 is 0 Å². The lowest BCUT2D eigenvalue weighted by Gasteiger charge is -2.37. The van der Waals surface area contributed by atoms with Crippen molar-refractivity contribution in [3.05, 3.63) is 132 Å². The number of rotatable bonds is 6. The smallest absolute Gasteiger partial charge is 0.142 e. The van der Waals surface area contributed by atoms with Gasteiger partial charge in [0.25, 0.3) is 0 Å². The van der Waals surface area contributed by atoms with Crippen LogP contribution in [0.1, 0.15) is 22.4 Å². The van der Waals surface area contributed by atoms with Gasteiger partial charge in [-0.15, -0.1) is 0 Å². The van der Waals surface area contributed by atoms with Crippen LogP contribution in [-0.4, -0.2) is 15.8 Å². The van der Waals surface area contributed by atoms with E-state index in [1.54, 1.807) is 6.08 Å². The molecule has 1 aromatic heterocycles. The first-order valence-corrected chi connectivity index (χ1v) is 9.18. The first kappa shape index (κ1) is 17.7. The van der Waals surface area contributed by atoms with E-state index in [0.717, 1.165) is 28.7 Å². The van der Waals surface area contributed by atoms with Gasteiger partial charge in [-0.3, -0.25) is 4.79 Å². The van der Waals surface area contributed by atoms with Gasteiger partial charge in [0.15, 0.2) is 0 Å². The summed E-state index contributed by atoms with van der Waals surface area (Å²) in [5.74, 6) is 0. The van der Waals surface area contributed by atoms with Gasteiger partial charge in [0.1, 0.15) is 11.8 Å². The molecule has 136 valence electrons. The molecule has 0 N–H and O–H groups in total. The van der Waals surface area contributed by atoms with Crippen LogP contribution in [0.15, 0.2) is 110 Å². The molecule has 3 aromatic carbocycles. The van der Waals surface area contributed by atoms with Gasteiger partial charge in [0.2, 0.25) is 0 Å². The van der Waals surface area contributed by atoms with Crippen LogP contribution in [0.25, 0.3) is 6.08 Å². The number of carbonyl (C=O) groups excluding carboxylic acids is 1. The standard InChI is InChI=1S/C25H20N2O/c28-18-10-17-24-19-27(20-26-24)25(21-11-4-1-5-12-21,22-13-6-2-7-14-22)23-15-8-3-9-16-23/h1-20H. The molecule has 0 bridgehead atoms. The fourth-order valence-corrected chi connectivity index (χ4v) is 3.73. The maximum absolute atomic E-state index is 10.7. The summed E-state index contributed by atoms with van der Waals surface area (Å²) >= 11 is 0. The van der Waals surface area contributed by atoms with Crippen molar-refractivity contribution in [1.82, 2.24) is 9.55 Å². The molecule has 0 fully saturated rings. The molecule has 0 saturated heterocycles. The highest BCUT2D eigenvalue weighted by Gasteiger charge is 2.38. The molecule has 4 aromatic rings. The van der Waals surface area contributed by atoms with E-state index in [-0.39, 0.29) is 0 Å². The predicted molar refractivity (Wildman–Crippen MR) is 112 cm³/mol. The fourth-order valence-electron chi connectivity index (χ4n) is 3.73. The van der Waals surface area contributed by atoms with Gasteiger partial charge in [-0.1, -0.05) is 91.0 Å². The number of aldehydes is 1. The van der Waals surface area contributed by atoms with Crippen molar-refractivity contribution in [2.75, 3.05) is 0 Å². The summed E-state index contributed by atoms with van der Waals surface area (Å²) in [7, 11) is 0. The fraction of sp³-hybridized carbons (Fsp3) is 0.0400. The first-order valence-electron chi connectivity index (χ1n) is 9.18. The van der Waals surface area contributed by atoms with Gasteiger partial charge in [-0.25, -0.2) is 4.98 Å². The molecule has 28 heavy (non-hydrogen) atoms. The molecular formula is C25H20N2O. The van der Waals surface area contributed by atoms with Crippen LogP contribution in [-0.2, 0) is 10.3 Å². The van der Waals surface area contributed by atoms with E-state index in [2.05, 4.69) is 82.3 Å². The summed E-state index contributed by atoms with van der Waals surface area (Å²) in [6.07, 6.45) is 7.75. The monoisotopic (exact) mass is 364 g/mol. The normalized spacial score (nSPS) is 11.6. The number of benzene rings is 3. The van der Waals surface area contributed by atoms with Gasteiger partial charge in [-0.05, 0) is 28.8 Å². The SMILES string of the molecule is O=CC=Cc1cn(C(c2ccccc2)(c2ccccc2)c2ccccc2)cn1. The minimum absolute atomic E-state index is 0.579. The van der Waals surface area contributed by atoms with Gasteiger partial charge in [0.05, 0.1) is 12.0 Å². The van der Waals surface area contributed by atoms with Crippen LogP contribution in [0.4, 0.5) is 0 Å². The Labute approximate surface area is 164 Å².